The summed E-state index contributed by atoms with van der Waals surface area (Å²) >= 11 is 17.1. The molecule has 4 nitrogen and oxygen atoms in total. The fourth-order valence-corrected chi connectivity index (χ4v) is 2.71. The molecule has 0 fully saturated rings. The Hall–Kier alpha value is -1.82. The highest BCUT2D eigenvalue weighted by atomic mass is 35.5. The summed E-state index contributed by atoms with van der Waals surface area (Å²) in [5.74, 6) is 0.00339. The van der Waals surface area contributed by atoms with Gasteiger partial charge < -0.3 is 16.0 Å². The molecule has 0 bridgehead atoms. The Labute approximate surface area is 142 Å². The molecule has 3 N–H and O–H groups in total. The Bertz CT molecular complexity index is 779. The van der Waals surface area contributed by atoms with Crippen molar-refractivity contribution in [3.63, 3.8) is 0 Å². The SMILES string of the molecule is O=C1Cc2cc(NC(=S)Nc3ccc(Cl)c(Cl)c3)ccc2N1. The summed E-state index contributed by atoms with van der Waals surface area (Å²) in [5, 5.41) is 10.3. The highest BCUT2D eigenvalue weighted by molar-refractivity contribution is 7.80. The third kappa shape index (κ3) is 3.32. The van der Waals surface area contributed by atoms with E-state index in [4.69, 9.17) is 35.4 Å². The summed E-state index contributed by atoms with van der Waals surface area (Å²) in [6, 6.07) is 10.8. The zero-order valence-electron chi connectivity index (χ0n) is 11.2. The van der Waals surface area contributed by atoms with E-state index >= 15 is 0 Å². The minimum atomic E-state index is 0.00339. The van der Waals surface area contributed by atoms with Crippen molar-refractivity contribution in [2.45, 2.75) is 6.42 Å². The first kappa shape index (κ1) is 15.1. The number of amides is 1. The Morgan fingerprint density at radius 1 is 1.05 bits per heavy atom. The molecule has 0 aromatic heterocycles. The lowest BCUT2D eigenvalue weighted by Gasteiger charge is -2.12. The molecule has 2 aromatic rings. The van der Waals surface area contributed by atoms with Crippen molar-refractivity contribution < 1.29 is 4.79 Å². The average molecular weight is 352 g/mol. The normalized spacial score (nSPS) is 12.5. The second-order valence-corrected chi connectivity index (χ2v) is 6.03. The lowest BCUT2D eigenvalue weighted by atomic mass is 10.1. The second kappa shape index (κ2) is 6.12. The molecule has 0 aliphatic carbocycles. The van der Waals surface area contributed by atoms with E-state index in [1.165, 1.54) is 0 Å². The summed E-state index contributed by atoms with van der Waals surface area (Å²) in [4.78, 5) is 11.3. The van der Waals surface area contributed by atoms with Gasteiger partial charge in [0, 0.05) is 17.1 Å². The van der Waals surface area contributed by atoms with Crippen LogP contribution in [0.5, 0.6) is 0 Å². The molecule has 1 aliphatic rings. The molecule has 0 spiro atoms. The van der Waals surface area contributed by atoms with E-state index in [1.807, 2.05) is 18.2 Å². The van der Waals surface area contributed by atoms with Crippen molar-refractivity contribution in [1.29, 1.82) is 0 Å². The van der Waals surface area contributed by atoms with E-state index in [0.29, 0.717) is 21.6 Å². The highest BCUT2D eigenvalue weighted by Gasteiger charge is 2.17. The third-order valence-electron chi connectivity index (χ3n) is 3.17. The fourth-order valence-electron chi connectivity index (χ4n) is 2.17. The highest BCUT2D eigenvalue weighted by Crippen LogP contribution is 2.27. The Balaban J connectivity index is 1.68. The third-order valence-corrected chi connectivity index (χ3v) is 4.11. The van der Waals surface area contributed by atoms with Crippen LogP contribution in [0.2, 0.25) is 10.0 Å². The molecule has 0 atom stereocenters. The van der Waals surface area contributed by atoms with Crippen LogP contribution in [0.1, 0.15) is 5.56 Å². The number of nitrogens with one attached hydrogen (secondary N) is 3. The monoisotopic (exact) mass is 351 g/mol. The van der Waals surface area contributed by atoms with Gasteiger partial charge in [-0.15, -0.1) is 0 Å². The van der Waals surface area contributed by atoms with E-state index < -0.39 is 0 Å². The lowest BCUT2D eigenvalue weighted by Crippen LogP contribution is -2.19. The van der Waals surface area contributed by atoms with Gasteiger partial charge in [0.2, 0.25) is 5.91 Å². The molecule has 1 aliphatic heterocycles. The van der Waals surface area contributed by atoms with Crippen molar-refractivity contribution in [3.05, 3.63) is 52.0 Å². The van der Waals surface area contributed by atoms with Crippen molar-refractivity contribution in [1.82, 2.24) is 0 Å². The van der Waals surface area contributed by atoms with Gasteiger partial charge >= 0.3 is 0 Å². The quantitative estimate of drug-likeness (QED) is 0.706. The largest absolute Gasteiger partial charge is 0.332 e. The molecule has 0 saturated heterocycles. The van der Waals surface area contributed by atoms with Crippen molar-refractivity contribution in [3.8, 4) is 0 Å². The first-order valence-corrected chi connectivity index (χ1v) is 7.63. The number of fused-ring (bicyclic) bond motifs is 1. The second-order valence-electron chi connectivity index (χ2n) is 4.80. The zero-order valence-corrected chi connectivity index (χ0v) is 13.6. The molecule has 2 aromatic carbocycles. The van der Waals surface area contributed by atoms with Crippen LogP contribution in [-0.2, 0) is 11.2 Å². The zero-order chi connectivity index (χ0) is 15.7. The van der Waals surface area contributed by atoms with Gasteiger partial charge in [-0.2, -0.15) is 0 Å². The van der Waals surface area contributed by atoms with E-state index in [1.54, 1.807) is 18.2 Å². The van der Waals surface area contributed by atoms with Crippen LogP contribution in [0, 0.1) is 0 Å². The molecule has 0 radical (unpaired) electrons. The van der Waals surface area contributed by atoms with Crippen LogP contribution in [-0.4, -0.2) is 11.0 Å². The molecular formula is C15H11Cl2N3OS. The van der Waals surface area contributed by atoms with E-state index in [0.717, 1.165) is 22.6 Å². The van der Waals surface area contributed by atoms with Gasteiger partial charge in [0.15, 0.2) is 5.11 Å². The maximum absolute atomic E-state index is 11.3. The van der Waals surface area contributed by atoms with Gasteiger partial charge in [0.1, 0.15) is 0 Å². The number of benzene rings is 2. The number of carbonyl (C=O) groups is 1. The summed E-state index contributed by atoms with van der Waals surface area (Å²) in [5.41, 5.74) is 3.35. The fraction of sp³-hybridized carbons (Fsp3) is 0.0667. The van der Waals surface area contributed by atoms with Gasteiger partial charge in [-0.3, -0.25) is 4.79 Å². The standard InChI is InChI=1S/C15H11Cl2N3OS/c16-11-3-1-10(7-12(11)17)19-15(22)18-9-2-4-13-8(5-9)6-14(21)20-13/h1-5,7H,6H2,(H,20,21)(H2,18,19,22). The molecule has 1 amide bonds. The molecule has 112 valence electrons. The molecule has 0 unspecified atom stereocenters. The van der Waals surface area contributed by atoms with Crippen LogP contribution < -0.4 is 16.0 Å². The van der Waals surface area contributed by atoms with Gasteiger partial charge in [-0.25, -0.2) is 0 Å². The van der Waals surface area contributed by atoms with E-state index in [2.05, 4.69) is 16.0 Å². The molecule has 3 rings (SSSR count). The molecule has 22 heavy (non-hydrogen) atoms. The van der Waals surface area contributed by atoms with Crippen LogP contribution in [0.3, 0.4) is 0 Å². The van der Waals surface area contributed by atoms with Crippen LogP contribution >= 0.6 is 35.4 Å². The smallest absolute Gasteiger partial charge is 0.228 e. The van der Waals surface area contributed by atoms with E-state index in [9.17, 15) is 4.79 Å². The maximum Gasteiger partial charge on any atom is 0.228 e. The minimum Gasteiger partial charge on any atom is -0.332 e. The number of carbonyl (C=O) groups excluding carboxylic acids is 1. The molecule has 0 saturated carbocycles. The van der Waals surface area contributed by atoms with Crippen LogP contribution in [0.15, 0.2) is 36.4 Å². The van der Waals surface area contributed by atoms with Gasteiger partial charge in [-0.05, 0) is 54.2 Å². The number of thiocarbonyl (C=S) groups is 1. The molecule has 1 heterocycles. The first-order chi connectivity index (χ1) is 10.5. The number of anilines is 3. The summed E-state index contributed by atoms with van der Waals surface area (Å²) in [6.45, 7) is 0. The van der Waals surface area contributed by atoms with Crippen LogP contribution in [0.25, 0.3) is 0 Å². The summed E-state index contributed by atoms with van der Waals surface area (Å²) in [7, 11) is 0. The lowest BCUT2D eigenvalue weighted by molar-refractivity contribution is -0.115. The predicted octanol–water partition coefficient (Wildman–Crippen LogP) is 4.30. The average Bonchev–Trinajstić information content (AvgIpc) is 2.82. The van der Waals surface area contributed by atoms with Crippen molar-refractivity contribution >= 4 is 63.5 Å². The number of halogens is 2. The van der Waals surface area contributed by atoms with Gasteiger partial charge in [0.05, 0.1) is 16.5 Å². The minimum absolute atomic E-state index is 0.00339. The summed E-state index contributed by atoms with van der Waals surface area (Å²) in [6.07, 6.45) is 0.387. The van der Waals surface area contributed by atoms with Gasteiger partial charge in [-0.1, -0.05) is 23.2 Å². The van der Waals surface area contributed by atoms with Crippen LogP contribution in [0.4, 0.5) is 17.1 Å². The Morgan fingerprint density at radius 3 is 2.45 bits per heavy atom. The molecular weight excluding hydrogens is 341 g/mol. The van der Waals surface area contributed by atoms with Crippen molar-refractivity contribution in [2.24, 2.45) is 0 Å². The predicted molar refractivity (Wildman–Crippen MR) is 95.1 cm³/mol. The Kier molecular flexibility index (Phi) is 4.20. The summed E-state index contributed by atoms with van der Waals surface area (Å²) < 4.78 is 0. The number of hydrogen-bond donors (Lipinski definition) is 3. The van der Waals surface area contributed by atoms with Gasteiger partial charge in [0.25, 0.3) is 0 Å². The van der Waals surface area contributed by atoms with Crippen molar-refractivity contribution in [2.75, 3.05) is 16.0 Å². The Morgan fingerprint density at radius 2 is 1.73 bits per heavy atom. The molecule has 7 heteroatoms. The number of rotatable bonds is 2. The van der Waals surface area contributed by atoms with E-state index in [-0.39, 0.29) is 5.91 Å². The topological polar surface area (TPSA) is 53.2 Å². The maximum atomic E-state index is 11.3. The number of hydrogen-bond acceptors (Lipinski definition) is 2. The first-order valence-electron chi connectivity index (χ1n) is 6.47.